The van der Waals surface area contributed by atoms with Crippen LogP contribution in [0.3, 0.4) is 0 Å². The Morgan fingerprint density at radius 3 is 2.32 bits per heavy atom. The summed E-state index contributed by atoms with van der Waals surface area (Å²) in [7, 11) is 0.265. The van der Waals surface area contributed by atoms with Gasteiger partial charge in [0.25, 0.3) is 0 Å². The number of carbonyl (C=O) groups excluding carboxylic acids is 1. The Morgan fingerprint density at radius 1 is 1.05 bits per heavy atom. The molecule has 0 spiro atoms. The van der Waals surface area contributed by atoms with E-state index in [4.69, 9.17) is 14.2 Å². The van der Waals surface area contributed by atoms with Crippen molar-refractivity contribution < 1.29 is 19.0 Å². The molecule has 0 aromatic rings. The van der Waals surface area contributed by atoms with Crippen LogP contribution in [0.2, 0.25) is 0 Å². The molecular weight excluding hydrogens is 264 g/mol. The van der Waals surface area contributed by atoms with Crippen molar-refractivity contribution in [3.63, 3.8) is 0 Å². The quantitative estimate of drug-likeness (QED) is 0.281. The van der Waals surface area contributed by atoms with Crippen molar-refractivity contribution in [2.75, 3.05) is 43.7 Å². The Morgan fingerprint density at radius 2 is 1.68 bits per heavy atom. The maximum Gasteiger partial charge on any atom is 0.356 e. The molecule has 1 heterocycles. The lowest BCUT2D eigenvalue weighted by Gasteiger charge is -2.13. The molecule has 0 aromatic heterocycles. The first-order valence-corrected chi connectivity index (χ1v) is 8.57. The molecule has 0 atom stereocenters. The van der Waals surface area contributed by atoms with E-state index in [0.29, 0.717) is 37.9 Å². The van der Waals surface area contributed by atoms with E-state index in [0.717, 1.165) is 0 Å². The fraction of sp³-hybridized carbons (Fsp3) is 0.786. The van der Waals surface area contributed by atoms with Crippen LogP contribution in [0.4, 0.5) is 0 Å². The number of esters is 1. The molecule has 0 radical (unpaired) electrons. The van der Waals surface area contributed by atoms with E-state index in [-0.39, 0.29) is 16.9 Å². The monoisotopic (exact) mass is 289 g/mol. The van der Waals surface area contributed by atoms with Crippen LogP contribution in [-0.4, -0.2) is 49.7 Å². The highest BCUT2D eigenvalue weighted by Gasteiger charge is 2.25. The number of hydrogen-bond donors (Lipinski definition) is 0. The van der Waals surface area contributed by atoms with E-state index in [1.807, 2.05) is 0 Å². The second kappa shape index (κ2) is 10.1. The van der Waals surface area contributed by atoms with Gasteiger partial charge in [0.1, 0.15) is 24.7 Å². The summed E-state index contributed by atoms with van der Waals surface area (Å²) in [5, 5.41) is 0. The van der Waals surface area contributed by atoms with Gasteiger partial charge in [0.15, 0.2) is 0 Å². The zero-order chi connectivity index (χ0) is 13.9. The van der Waals surface area contributed by atoms with Crippen molar-refractivity contribution >= 4 is 16.9 Å². The molecule has 1 aliphatic heterocycles. The second-order valence-electron chi connectivity index (χ2n) is 4.61. The Hall–Kier alpha value is -0.680. The van der Waals surface area contributed by atoms with Gasteiger partial charge in [0.05, 0.1) is 19.0 Å². The summed E-state index contributed by atoms with van der Waals surface area (Å²) in [6.45, 7) is 7.17. The van der Waals surface area contributed by atoms with E-state index in [1.54, 1.807) is 6.92 Å². The highest BCUT2D eigenvalue weighted by atomic mass is 32.2. The molecule has 4 nitrogen and oxygen atoms in total. The average molecular weight is 289 g/mol. The maximum absolute atomic E-state index is 11.6. The molecule has 0 aromatic carbocycles. The molecule has 19 heavy (non-hydrogen) atoms. The zero-order valence-corrected chi connectivity index (χ0v) is 12.6. The molecule has 0 unspecified atom stereocenters. The van der Waals surface area contributed by atoms with E-state index < -0.39 is 0 Å². The molecule has 1 saturated heterocycles. The standard InChI is InChI=1S/C14H25O4S/c1-13(2)17-8-6-16-7-9-18-14(15)12-19-10-4-3-5-11-19/h1,3-12H2,2H3/q+1. The lowest BCUT2D eigenvalue weighted by molar-refractivity contribution is -0.142. The van der Waals surface area contributed by atoms with Gasteiger partial charge in [0, 0.05) is 0 Å². The first kappa shape index (κ1) is 16.4. The predicted octanol–water partition coefficient (Wildman–Crippen LogP) is 1.90. The molecule has 0 saturated carbocycles. The van der Waals surface area contributed by atoms with Crippen LogP contribution in [-0.2, 0) is 29.9 Å². The topological polar surface area (TPSA) is 44.8 Å². The average Bonchev–Trinajstić information content (AvgIpc) is 2.38. The molecule has 5 heteroatoms. The van der Waals surface area contributed by atoms with Crippen LogP contribution < -0.4 is 0 Å². The summed E-state index contributed by atoms with van der Waals surface area (Å²) in [6.07, 6.45) is 3.85. The lowest BCUT2D eigenvalue weighted by Crippen LogP contribution is -2.27. The summed E-state index contributed by atoms with van der Waals surface area (Å²) >= 11 is 0. The normalized spacial score (nSPS) is 16.1. The number of rotatable bonds is 9. The predicted molar refractivity (Wildman–Crippen MR) is 78.4 cm³/mol. The van der Waals surface area contributed by atoms with Crippen molar-refractivity contribution in [2.45, 2.75) is 26.2 Å². The SMILES string of the molecule is C=C(C)OCCOCCOC(=O)C[S+]1CCCCC1. The van der Waals surface area contributed by atoms with Crippen LogP contribution in [0.5, 0.6) is 0 Å². The summed E-state index contributed by atoms with van der Waals surface area (Å²) in [4.78, 5) is 11.6. The fourth-order valence-corrected chi connectivity index (χ4v) is 3.97. The molecule has 1 rings (SSSR count). The lowest BCUT2D eigenvalue weighted by atomic mass is 10.3. The van der Waals surface area contributed by atoms with E-state index in [2.05, 4.69) is 6.58 Å². The largest absolute Gasteiger partial charge is 0.496 e. The summed E-state index contributed by atoms with van der Waals surface area (Å²) in [6, 6.07) is 0. The molecule has 0 amide bonds. The van der Waals surface area contributed by atoms with Gasteiger partial charge < -0.3 is 14.2 Å². The number of ether oxygens (including phenoxy) is 3. The zero-order valence-electron chi connectivity index (χ0n) is 11.8. The molecule has 0 N–H and O–H groups in total. The highest BCUT2D eigenvalue weighted by molar-refractivity contribution is 7.97. The summed E-state index contributed by atoms with van der Waals surface area (Å²) < 4.78 is 15.6. The molecule has 0 aliphatic carbocycles. The third-order valence-corrected chi connectivity index (χ3v) is 5.13. The van der Waals surface area contributed by atoms with Gasteiger partial charge in [0.2, 0.25) is 5.75 Å². The van der Waals surface area contributed by atoms with Crippen LogP contribution in [0, 0.1) is 0 Å². The van der Waals surface area contributed by atoms with Gasteiger partial charge in [-0.1, -0.05) is 6.58 Å². The molecule has 1 aliphatic rings. The smallest absolute Gasteiger partial charge is 0.356 e. The van der Waals surface area contributed by atoms with Gasteiger partial charge in [-0.25, -0.2) is 4.79 Å². The Labute approximate surface area is 118 Å². The number of hydrogen-bond acceptors (Lipinski definition) is 4. The van der Waals surface area contributed by atoms with Gasteiger partial charge in [-0.2, -0.15) is 0 Å². The first-order chi connectivity index (χ1) is 9.18. The van der Waals surface area contributed by atoms with Gasteiger partial charge in [-0.05, 0) is 37.1 Å². The Kier molecular flexibility index (Phi) is 8.75. The van der Waals surface area contributed by atoms with Crippen LogP contribution >= 0.6 is 0 Å². The Bertz CT molecular complexity index is 275. The maximum atomic E-state index is 11.6. The molecular formula is C14H25O4S+. The number of carbonyl (C=O) groups is 1. The Balaban J connectivity index is 1.90. The molecule has 110 valence electrons. The minimum atomic E-state index is -0.0768. The fourth-order valence-electron chi connectivity index (χ4n) is 1.84. The minimum Gasteiger partial charge on any atom is -0.496 e. The van der Waals surface area contributed by atoms with Crippen LogP contribution in [0.1, 0.15) is 26.2 Å². The van der Waals surface area contributed by atoms with Crippen molar-refractivity contribution in [2.24, 2.45) is 0 Å². The van der Waals surface area contributed by atoms with E-state index >= 15 is 0 Å². The summed E-state index contributed by atoms with van der Waals surface area (Å²) in [5.41, 5.74) is 0. The van der Waals surface area contributed by atoms with E-state index in [1.165, 1.54) is 30.8 Å². The molecule has 1 fully saturated rings. The summed E-state index contributed by atoms with van der Waals surface area (Å²) in [5.74, 6) is 3.60. The number of allylic oxidation sites excluding steroid dienone is 1. The highest BCUT2D eigenvalue weighted by Crippen LogP contribution is 2.13. The third-order valence-electron chi connectivity index (χ3n) is 2.75. The van der Waals surface area contributed by atoms with Gasteiger partial charge in [-0.15, -0.1) is 0 Å². The van der Waals surface area contributed by atoms with Crippen LogP contribution in [0.25, 0.3) is 0 Å². The third kappa shape index (κ3) is 8.94. The first-order valence-electron chi connectivity index (χ1n) is 6.84. The van der Waals surface area contributed by atoms with Gasteiger partial charge in [-0.3, -0.25) is 0 Å². The van der Waals surface area contributed by atoms with Crippen molar-refractivity contribution in [3.05, 3.63) is 12.3 Å². The van der Waals surface area contributed by atoms with Crippen LogP contribution in [0.15, 0.2) is 12.3 Å². The van der Waals surface area contributed by atoms with Gasteiger partial charge >= 0.3 is 5.97 Å². The van der Waals surface area contributed by atoms with E-state index in [9.17, 15) is 4.79 Å². The molecule has 0 bridgehead atoms. The van der Waals surface area contributed by atoms with Crippen molar-refractivity contribution in [1.29, 1.82) is 0 Å². The second-order valence-corrected chi connectivity index (χ2v) is 6.94. The van der Waals surface area contributed by atoms with Crippen molar-refractivity contribution in [1.82, 2.24) is 0 Å². The minimum absolute atomic E-state index is 0.0768. The van der Waals surface area contributed by atoms with Crippen molar-refractivity contribution in [3.8, 4) is 0 Å².